The maximum Gasteiger partial charge on any atom is 0.527 e. The smallest absolute Gasteiger partial charge is 0.222 e. The normalized spacial score (nSPS) is 12.5. The minimum Gasteiger partial charge on any atom is -0.222 e. The fourth-order valence-electron chi connectivity index (χ4n) is 3.19. The van der Waals surface area contributed by atoms with E-state index in [9.17, 15) is 26.3 Å². The summed E-state index contributed by atoms with van der Waals surface area (Å²) < 4.78 is 80.5. The summed E-state index contributed by atoms with van der Waals surface area (Å²) in [6.45, 7) is 2.12. The summed E-state index contributed by atoms with van der Waals surface area (Å²) in [4.78, 5) is 0. The molecule has 0 spiro atoms. The van der Waals surface area contributed by atoms with Crippen molar-refractivity contribution < 1.29 is 31.1 Å². The van der Waals surface area contributed by atoms with Gasteiger partial charge in [0.1, 0.15) is 5.82 Å². The van der Waals surface area contributed by atoms with E-state index in [2.05, 4.69) is 23.8 Å². The van der Waals surface area contributed by atoms with Gasteiger partial charge in [0.15, 0.2) is 0 Å². The molecule has 3 aromatic rings. The zero-order valence-electron chi connectivity index (χ0n) is 17.1. The molecule has 0 radical (unpaired) electrons. The molecule has 0 N–H and O–H groups in total. The highest BCUT2D eigenvalue weighted by atomic mass is 19.4. The summed E-state index contributed by atoms with van der Waals surface area (Å²) in [6, 6.07) is 17.5. The molecule has 0 saturated carbocycles. The van der Waals surface area contributed by atoms with Crippen molar-refractivity contribution in [1.82, 2.24) is 0 Å². The maximum atomic E-state index is 14.1. The van der Waals surface area contributed by atoms with Crippen molar-refractivity contribution in [3.05, 3.63) is 94.8 Å². The topological polar surface area (TPSA) is 9.23 Å². The first kappa shape index (κ1) is 23.6. The third kappa shape index (κ3) is 6.23. The lowest BCUT2D eigenvalue weighted by Gasteiger charge is -2.19. The number of halogens is 6. The predicted molar refractivity (Wildman–Crippen MR) is 112 cm³/mol. The molecule has 0 saturated heterocycles. The Morgan fingerprint density at radius 2 is 1.28 bits per heavy atom. The number of rotatable bonds is 7. The minimum atomic E-state index is -5.60. The maximum absolute atomic E-state index is 14.1. The van der Waals surface area contributed by atoms with E-state index in [0.29, 0.717) is 11.6 Å². The molecule has 32 heavy (non-hydrogen) atoms. The molecular weight excluding hydrogens is 430 g/mol. The van der Waals surface area contributed by atoms with E-state index in [0.717, 1.165) is 36.1 Å². The van der Waals surface area contributed by atoms with E-state index in [1.54, 1.807) is 24.3 Å². The number of hydrogen-bond acceptors (Lipinski definition) is 1. The second kappa shape index (κ2) is 9.61. The molecule has 0 aliphatic carbocycles. The van der Waals surface area contributed by atoms with Gasteiger partial charge in [-0.3, -0.25) is 0 Å². The molecule has 0 fully saturated rings. The Hall–Kier alpha value is -3.06. The Labute approximate surface area is 182 Å². The van der Waals surface area contributed by atoms with Crippen LogP contribution in [-0.2, 0) is 17.3 Å². The number of alkyl halides is 5. The van der Waals surface area contributed by atoms with Crippen LogP contribution in [0.1, 0.15) is 35.6 Å². The van der Waals surface area contributed by atoms with Crippen molar-refractivity contribution in [1.29, 1.82) is 0 Å². The molecule has 7 heteroatoms. The fraction of sp³-hybridized carbons (Fsp3) is 0.200. The van der Waals surface area contributed by atoms with Crippen molar-refractivity contribution in [3.8, 4) is 11.1 Å². The Balaban J connectivity index is 1.73. The van der Waals surface area contributed by atoms with Crippen LogP contribution in [0.3, 0.4) is 0 Å². The zero-order valence-corrected chi connectivity index (χ0v) is 17.1. The summed E-state index contributed by atoms with van der Waals surface area (Å²) >= 11 is 0. The van der Waals surface area contributed by atoms with Crippen LogP contribution >= 0.6 is 0 Å². The molecule has 0 aliphatic rings. The van der Waals surface area contributed by atoms with Gasteiger partial charge in [0.2, 0.25) is 0 Å². The lowest BCUT2D eigenvalue weighted by molar-refractivity contribution is -0.432. The van der Waals surface area contributed by atoms with Gasteiger partial charge < -0.3 is 0 Å². The Kier molecular flexibility index (Phi) is 7.09. The average Bonchev–Trinajstić information content (AvgIpc) is 2.72. The molecule has 1 nitrogen and oxygen atoms in total. The van der Waals surface area contributed by atoms with Crippen LogP contribution in [-0.4, -0.2) is 6.36 Å². The van der Waals surface area contributed by atoms with Crippen molar-refractivity contribution in [3.63, 3.8) is 0 Å². The molecule has 3 aromatic carbocycles. The van der Waals surface area contributed by atoms with Gasteiger partial charge >= 0.3 is 12.5 Å². The van der Waals surface area contributed by atoms with Gasteiger partial charge in [-0.1, -0.05) is 80.1 Å². The van der Waals surface area contributed by atoms with E-state index in [4.69, 9.17) is 0 Å². The minimum absolute atomic E-state index is 0.246. The predicted octanol–water partition coefficient (Wildman–Crippen LogP) is 8.20. The van der Waals surface area contributed by atoms with Crippen molar-refractivity contribution in [2.24, 2.45) is 0 Å². The Bertz CT molecular complexity index is 1070. The first-order chi connectivity index (χ1) is 15.1. The van der Waals surface area contributed by atoms with Gasteiger partial charge in [-0.15, -0.1) is 13.2 Å². The third-order valence-corrected chi connectivity index (χ3v) is 4.76. The average molecular weight is 450 g/mol. The SMILES string of the molecule is CCCc1ccc(/C=C/c2ccc(-c3ccc(C(F)(F)OC(F)(F)F)c(F)c3)cc2)cc1. The molecule has 0 aliphatic heterocycles. The highest BCUT2D eigenvalue weighted by molar-refractivity contribution is 5.72. The Morgan fingerprint density at radius 3 is 1.78 bits per heavy atom. The summed E-state index contributed by atoms with van der Waals surface area (Å²) in [5.74, 6) is -1.49. The first-order valence-electron chi connectivity index (χ1n) is 9.89. The fourth-order valence-corrected chi connectivity index (χ4v) is 3.19. The number of hydrogen-bond donors (Lipinski definition) is 0. The molecular formula is C25H20F6O. The van der Waals surface area contributed by atoms with E-state index in [1.165, 1.54) is 5.56 Å². The van der Waals surface area contributed by atoms with Crippen LogP contribution in [0.4, 0.5) is 26.3 Å². The lowest BCUT2D eigenvalue weighted by Crippen LogP contribution is -2.28. The molecule has 0 heterocycles. The van der Waals surface area contributed by atoms with Gasteiger partial charge in [0.25, 0.3) is 0 Å². The monoisotopic (exact) mass is 450 g/mol. The number of aryl methyl sites for hydroxylation is 1. The molecule has 3 rings (SSSR count). The quantitative estimate of drug-likeness (QED) is 0.260. The molecule has 0 amide bonds. The number of ether oxygens (including phenoxy) is 1. The van der Waals surface area contributed by atoms with Crippen LogP contribution in [0.15, 0.2) is 66.7 Å². The van der Waals surface area contributed by atoms with Crippen LogP contribution < -0.4 is 0 Å². The van der Waals surface area contributed by atoms with Crippen molar-refractivity contribution in [2.75, 3.05) is 0 Å². The summed E-state index contributed by atoms with van der Waals surface area (Å²) in [5.41, 5.74) is 2.47. The van der Waals surface area contributed by atoms with Gasteiger partial charge in [0.05, 0.1) is 5.56 Å². The highest BCUT2D eigenvalue weighted by Gasteiger charge is 2.47. The third-order valence-electron chi connectivity index (χ3n) is 4.76. The summed E-state index contributed by atoms with van der Waals surface area (Å²) in [6.07, 6.45) is -4.48. The Morgan fingerprint density at radius 1 is 0.750 bits per heavy atom. The second-order valence-corrected chi connectivity index (χ2v) is 7.21. The molecule has 0 aromatic heterocycles. The standard InChI is InChI=1S/C25H20F6O/c1-2-3-17-4-6-18(7-5-17)8-9-19-10-12-20(13-11-19)21-14-15-22(23(26)16-21)24(27,28)32-25(29,30)31/h4-16H,2-3H2,1H3/b9-8+. The van der Waals surface area contributed by atoms with Gasteiger partial charge in [-0.05, 0) is 46.4 Å². The van der Waals surface area contributed by atoms with Crippen LogP contribution in [0.2, 0.25) is 0 Å². The first-order valence-corrected chi connectivity index (χ1v) is 9.89. The van der Waals surface area contributed by atoms with Crippen LogP contribution in [0, 0.1) is 5.82 Å². The molecule has 168 valence electrons. The van der Waals surface area contributed by atoms with Gasteiger partial charge in [-0.2, -0.15) is 8.78 Å². The van der Waals surface area contributed by atoms with E-state index >= 15 is 0 Å². The number of benzene rings is 3. The van der Waals surface area contributed by atoms with E-state index < -0.39 is 23.9 Å². The van der Waals surface area contributed by atoms with E-state index in [1.807, 2.05) is 24.3 Å². The lowest BCUT2D eigenvalue weighted by atomic mass is 10.0. The molecule has 0 bridgehead atoms. The summed E-state index contributed by atoms with van der Waals surface area (Å²) in [7, 11) is 0. The largest absolute Gasteiger partial charge is 0.527 e. The van der Waals surface area contributed by atoms with Gasteiger partial charge in [0, 0.05) is 0 Å². The van der Waals surface area contributed by atoms with E-state index in [-0.39, 0.29) is 5.56 Å². The van der Waals surface area contributed by atoms with Crippen molar-refractivity contribution in [2.45, 2.75) is 32.2 Å². The second-order valence-electron chi connectivity index (χ2n) is 7.21. The molecule has 0 atom stereocenters. The van der Waals surface area contributed by atoms with Crippen LogP contribution in [0.25, 0.3) is 23.3 Å². The summed E-state index contributed by atoms with van der Waals surface area (Å²) in [5, 5.41) is 0. The van der Waals surface area contributed by atoms with Crippen LogP contribution in [0.5, 0.6) is 0 Å². The van der Waals surface area contributed by atoms with Crippen molar-refractivity contribution >= 4 is 12.2 Å². The molecule has 0 unspecified atom stereocenters. The highest BCUT2D eigenvalue weighted by Crippen LogP contribution is 2.38. The zero-order chi connectivity index (χ0) is 23.4. The van der Waals surface area contributed by atoms with Gasteiger partial charge in [-0.25, -0.2) is 9.13 Å².